The summed E-state index contributed by atoms with van der Waals surface area (Å²) in [6.07, 6.45) is 1.67. The molecule has 0 saturated carbocycles. The Balaban J connectivity index is 2.06. The Bertz CT molecular complexity index is 639. The molecule has 122 valence electrons. The number of aryl methyl sites for hydroxylation is 1. The molecule has 2 N–H and O–H groups in total. The molecule has 2 aromatic carbocycles. The molecule has 0 aromatic heterocycles. The van der Waals surface area contributed by atoms with Crippen LogP contribution in [0.15, 0.2) is 47.6 Å². The second-order valence-electron chi connectivity index (χ2n) is 5.07. The zero-order valence-electron chi connectivity index (χ0n) is 13.5. The highest BCUT2D eigenvalue weighted by molar-refractivity contribution is 5.80. The van der Waals surface area contributed by atoms with Crippen LogP contribution >= 0.6 is 0 Å². The third-order valence-corrected chi connectivity index (χ3v) is 3.23. The van der Waals surface area contributed by atoms with Crippen molar-refractivity contribution in [1.82, 2.24) is 5.43 Å². The normalized spacial score (nSPS) is 10.7. The van der Waals surface area contributed by atoms with Gasteiger partial charge in [0.05, 0.1) is 26.5 Å². The van der Waals surface area contributed by atoms with Crippen LogP contribution in [0.5, 0.6) is 11.5 Å². The molecule has 0 aliphatic rings. The van der Waals surface area contributed by atoms with Crippen LogP contribution in [0.25, 0.3) is 0 Å². The predicted molar refractivity (Wildman–Crippen MR) is 91.2 cm³/mol. The van der Waals surface area contributed by atoms with Crippen molar-refractivity contribution in [3.8, 4) is 11.5 Å². The molecular formula is C18H22N2O3. The Hall–Kier alpha value is -2.53. The number of aliphatic hydroxyl groups is 1. The van der Waals surface area contributed by atoms with Gasteiger partial charge in [0, 0.05) is 0 Å². The number of nitrogens with one attached hydrogen (secondary N) is 1. The fourth-order valence-electron chi connectivity index (χ4n) is 1.97. The number of hydrogen-bond donors (Lipinski definition) is 2. The molecule has 0 saturated heterocycles. The SMILES string of the molecule is COc1ccc(C=NNCCO)cc1OCc1ccc(C)cc1. The molecule has 0 spiro atoms. The molecule has 23 heavy (non-hydrogen) atoms. The first-order chi connectivity index (χ1) is 11.2. The Morgan fingerprint density at radius 1 is 1.13 bits per heavy atom. The lowest BCUT2D eigenvalue weighted by atomic mass is 10.1. The van der Waals surface area contributed by atoms with Gasteiger partial charge < -0.3 is 20.0 Å². The molecule has 0 heterocycles. The van der Waals surface area contributed by atoms with E-state index in [4.69, 9.17) is 14.6 Å². The maximum Gasteiger partial charge on any atom is 0.162 e. The van der Waals surface area contributed by atoms with Crippen LogP contribution < -0.4 is 14.9 Å². The van der Waals surface area contributed by atoms with Crippen molar-refractivity contribution in [3.05, 3.63) is 59.2 Å². The Morgan fingerprint density at radius 3 is 2.61 bits per heavy atom. The molecule has 0 aliphatic carbocycles. The van der Waals surface area contributed by atoms with E-state index < -0.39 is 0 Å². The van der Waals surface area contributed by atoms with E-state index in [1.165, 1.54) is 5.56 Å². The molecule has 5 nitrogen and oxygen atoms in total. The summed E-state index contributed by atoms with van der Waals surface area (Å²) in [5.41, 5.74) is 5.95. The number of hydrogen-bond acceptors (Lipinski definition) is 5. The fraction of sp³-hybridized carbons (Fsp3) is 0.278. The van der Waals surface area contributed by atoms with Crippen LogP contribution in [0.3, 0.4) is 0 Å². The standard InChI is InChI=1S/C18H22N2O3/c1-14-3-5-15(6-4-14)13-23-18-11-16(7-8-17(18)22-2)12-20-19-9-10-21/h3-8,11-12,19,21H,9-10,13H2,1-2H3. The maximum atomic E-state index is 8.70. The molecule has 0 aliphatic heterocycles. The van der Waals surface area contributed by atoms with E-state index >= 15 is 0 Å². The highest BCUT2D eigenvalue weighted by Gasteiger charge is 2.05. The summed E-state index contributed by atoms with van der Waals surface area (Å²) < 4.78 is 11.2. The van der Waals surface area contributed by atoms with Gasteiger partial charge in [-0.2, -0.15) is 5.10 Å². The minimum absolute atomic E-state index is 0.0465. The van der Waals surface area contributed by atoms with Gasteiger partial charge in [-0.1, -0.05) is 29.8 Å². The Kier molecular flexibility index (Phi) is 6.44. The monoisotopic (exact) mass is 314 g/mol. The van der Waals surface area contributed by atoms with E-state index in [1.54, 1.807) is 13.3 Å². The van der Waals surface area contributed by atoms with Gasteiger partial charge in [0.2, 0.25) is 0 Å². The number of nitrogens with zero attached hydrogens (tertiary/aromatic N) is 1. The lowest BCUT2D eigenvalue weighted by molar-refractivity contribution is 0.284. The van der Waals surface area contributed by atoms with E-state index in [-0.39, 0.29) is 6.61 Å². The zero-order chi connectivity index (χ0) is 16.5. The van der Waals surface area contributed by atoms with Gasteiger partial charge >= 0.3 is 0 Å². The summed E-state index contributed by atoms with van der Waals surface area (Å²) in [7, 11) is 1.62. The molecule has 0 bridgehead atoms. The van der Waals surface area contributed by atoms with Crippen molar-refractivity contribution in [2.24, 2.45) is 5.10 Å². The summed E-state index contributed by atoms with van der Waals surface area (Å²) in [6, 6.07) is 13.8. The third kappa shape index (κ3) is 5.30. The molecule has 2 aromatic rings. The van der Waals surface area contributed by atoms with Gasteiger partial charge in [-0.3, -0.25) is 0 Å². The summed E-state index contributed by atoms with van der Waals surface area (Å²) in [6.45, 7) is 3.00. The van der Waals surface area contributed by atoms with Crippen LogP contribution in [-0.2, 0) is 6.61 Å². The van der Waals surface area contributed by atoms with E-state index in [0.29, 0.717) is 24.7 Å². The minimum atomic E-state index is 0.0465. The minimum Gasteiger partial charge on any atom is -0.493 e. The summed E-state index contributed by atoms with van der Waals surface area (Å²) >= 11 is 0. The van der Waals surface area contributed by atoms with Crippen LogP contribution in [-0.4, -0.2) is 31.6 Å². The number of aliphatic hydroxyl groups excluding tert-OH is 1. The molecule has 2 rings (SSSR count). The molecule has 0 radical (unpaired) electrons. The van der Waals surface area contributed by atoms with Crippen molar-refractivity contribution in [2.45, 2.75) is 13.5 Å². The molecule has 5 heteroatoms. The summed E-state index contributed by atoms with van der Waals surface area (Å²) in [5.74, 6) is 1.34. The second-order valence-corrected chi connectivity index (χ2v) is 5.07. The number of benzene rings is 2. The zero-order valence-corrected chi connectivity index (χ0v) is 13.5. The third-order valence-electron chi connectivity index (χ3n) is 3.23. The van der Waals surface area contributed by atoms with Gasteiger partial charge in [0.1, 0.15) is 6.61 Å². The summed E-state index contributed by atoms with van der Waals surface area (Å²) in [5, 5.41) is 12.7. The van der Waals surface area contributed by atoms with Crippen molar-refractivity contribution in [1.29, 1.82) is 0 Å². The van der Waals surface area contributed by atoms with Crippen LogP contribution in [0.1, 0.15) is 16.7 Å². The first-order valence-corrected chi connectivity index (χ1v) is 7.46. The van der Waals surface area contributed by atoms with Crippen LogP contribution in [0.4, 0.5) is 0 Å². The van der Waals surface area contributed by atoms with Crippen molar-refractivity contribution in [2.75, 3.05) is 20.3 Å². The van der Waals surface area contributed by atoms with E-state index in [0.717, 1.165) is 11.1 Å². The second kappa shape index (κ2) is 8.80. The smallest absolute Gasteiger partial charge is 0.162 e. The average Bonchev–Trinajstić information content (AvgIpc) is 2.58. The number of rotatable bonds is 8. The molecule has 0 amide bonds. The van der Waals surface area contributed by atoms with Crippen molar-refractivity contribution >= 4 is 6.21 Å². The van der Waals surface area contributed by atoms with Crippen LogP contribution in [0, 0.1) is 6.92 Å². The fourth-order valence-corrected chi connectivity index (χ4v) is 1.97. The highest BCUT2D eigenvalue weighted by atomic mass is 16.5. The van der Waals surface area contributed by atoms with Gasteiger partial charge in [-0.15, -0.1) is 0 Å². The Morgan fingerprint density at radius 2 is 1.91 bits per heavy atom. The van der Waals surface area contributed by atoms with E-state index in [9.17, 15) is 0 Å². The summed E-state index contributed by atoms with van der Waals surface area (Å²) in [4.78, 5) is 0. The van der Waals surface area contributed by atoms with Crippen molar-refractivity contribution < 1.29 is 14.6 Å². The molecular weight excluding hydrogens is 292 g/mol. The average molecular weight is 314 g/mol. The van der Waals surface area contributed by atoms with Gasteiger partial charge in [-0.25, -0.2) is 0 Å². The highest BCUT2D eigenvalue weighted by Crippen LogP contribution is 2.28. The number of methoxy groups -OCH3 is 1. The molecule has 0 fully saturated rings. The van der Waals surface area contributed by atoms with E-state index in [2.05, 4.69) is 29.6 Å². The first kappa shape index (κ1) is 16.8. The van der Waals surface area contributed by atoms with E-state index in [1.807, 2.05) is 30.3 Å². The first-order valence-electron chi connectivity index (χ1n) is 7.46. The predicted octanol–water partition coefficient (Wildman–Crippen LogP) is 2.50. The number of hydrazone groups is 1. The lowest BCUT2D eigenvalue weighted by Crippen LogP contribution is -2.11. The topological polar surface area (TPSA) is 63.1 Å². The quantitative estimate of drug-likeness (QED) is 0.446. The molecule has 0 unspecified atom stereocenters. The lowest BCUT2D eigenvalue weighted by Gasteiger charge is -2.11. The number of ether oxygens (including phenoxy) is 2. The molecule has 0 atom stereocenters. The van der Waals surface area contributed by atoms with Gasteiger partial charge in [-0.05, 0) is 36.2 Å². The maximum absolute atomic E-state index is 8.70. The Labute approximate surface area is 136 Å². The van der Waals surface area contributed by atoms with Gasteiger partial charge in [0.15, 0.2) is 11.5 Å². The largest absolute Gasteiger partial charge is 0.493 e. The van der Waals surface area contributed by atoms with Crippen LogP contribution in [0.2, 0.25) is 0 Å². The van der Waals surface area contributed by atoms with Gasteiger partial charge in [0.25, 0.3) is 0 Å². The van der Waals surface area contributed by atoms with Crippen molar-refractivity contribution in [3.63, 3.8) is 0 Å².